The predicted octanol–water partition coefficient (Wildman–Crippen LogP) is 2.43. The minimum atomic E-state index is 0.0123. The van der Waals surface area contributed by atoms with Gasteiger partial charge in [0.15, 0.2) is 17.5 Å². The van der Waals surface area contributed by atoms with Crippen LogP contribution in [0.4, 0.5) is 0 Å². The second-order valence-corrected chi connectivity index (χ2v) is 5.69. The van der Waals surface area contributed by atoms with Gasteiger partial charge in [-0.2, -0.15) is 0 Å². The van der Waals surface area contributed by atoms with E-state index in [9.17, 15) is 0 Å². The Morgan fingerprint density at radius 1 is 1.27 bits per heavy atom. The lowest BCUT2D eigenvalue weighted by atomic mass is 10.3. The molecule has 2 rings (SSSR count). The summed E-state index contributed by atoms with van der Waals surface area (Å²) in [7, 11) is 3.44. The third-order valence-electron chi connectivity index (χ3n) is 3.72. The first kappa shape index (κ1) is 16.5. The molecule has 1 aromatic carbocycles. The van der Waals surface area contributed by atoms with E-state index in [4.69, 9.17) is 9.47 Å². The monoisotopic (exact) mass is 305 g/mol. The maximum atomic E-state index is 5.91. The fourth-order valence-electron chi connectivity index (χ4n) is 2.24. The van der Waals surface area contributed by atoms with Crippen molar-refractivity contribution in [2.24, 2.45) is 10.9 Å². The third kappa shape index (κ3) is 5.47. The van der Waals surface area contributed by atoms with Crippen molar-refractivity contribution < 1.29 is 9.47 Å². The van der Waals surface area contributed by atoms with Gasteiger partial charge in [-0.25, -0.2) is 0 Å². The Kier molecular flexibility index (Phi) is 6.37. The van der Waals surface area contributed by atoms with E-state index in [2.05, 4.69) is 15.6 Å². The van der Waals surface area contributed by atoms with Crippen molar-refractivity contribution in [3.8, 4) is 11.5 Å². The summed E-state index contributed by atoms with van der Waals surface area (Å²) in [5.74, 6) is 3.27. The first-order valence-electron chi connectivity index (χ1n) is 7.97. The molecule has 0 bridgehead atoms. The van der Waals surface area contributed by atoms with Gasteiger partial charge in [-0.3, -0.25) is 4.99 Å². The van der Waals surface area contributed by atoms with Crippen LogP contribution < -0.4 is 20.1 Å². The van der Waals surface area contributed by atoms with Gasteiger partial charge >= 0.3 is 0 Å². The Hall–Kier alpha value is -1.91. The first-order valence-corrected chi connectivity index (χ1v) is 7.97. The van der Waals surface area contributed by atoms with Crippen LogP contribution in [0.25, 0.3) is 0 Å². The van der Waals surface area contributed by atoms with Crippen molar-refractivity contribution in [1.82, 2.24) is 10.6 Å². The maximum absolute atomic E-state index is 5.91. The Labute approximate surface area is 133 Å². The zero-order chi connectivity index (χ0) is 15.8. The van der Waals surface area contributed by atoms with Crippen molar-refractivity contribution in [3.63, 3.8) is 0 Å². The van der Waals surface area contributed by atoms with E-state index in [0.29, 0.717) is 6.54 Å². The molecule has 0 heterocycles. The molecule has 5 heteroatoms. The molecule has 22 heavy (non-hydrogen) atoms. The number of nitrogens with one attached hydrogen (secondary N) is 2. The molecule has 1 aromatic rings. The number of nitrogens with zero attached hydrogens (tertiary/aromatic N) is 1. The first-order chi connectivity index (χ1) is 10.7. The molecular weight excluding hydrogens is 278 g/mol. The molecule has 0 saturated heterocycles. The molecule has 0 radical (unpaired) electrons. The Morgan fingerprint density at radius 3 is 2.64 bits per heavy atom. The van der Waals surface area contributed by atoms with E-state index < -0.39 is 0 Å². The number of para-hydroxylation sites is 2. The van der Waals surface area contributed by atoms with E-state index in [1.54, 1.807) is 14.2 Å². The van der Waals surface area contributed by atoms with Crippen molar-refractivity contribution >= 4 is 5.96 Å². The quantitative estimate of drug-likeness (QED) is 0.572. The van der Waals surface area contributed by atoms with E-state index in [0.717, 1.165) is 29.9 Å². The fraction of sp³-hybridized carbons (Fsp3) is 0.588. The lowest BCUT2D eigenvalue weighted by Crippen LogP contribution is -2.42. The zero-order valence-electron chi connectivity index (χ0n) is 13.8. The van der Waals surface area contributed by atoms with Crippen molar-refractivity contribution in [3.05, 3.63) is 24.3 Å². The Balaban J connectivity index is 1.72. The van der Waals surface area contributed by atoms with Crippen LogP contribution in [0.2, 0.25) is 0 Å². The van der Waals surface area contributed by atoms with Gasteiger partial charge in [-0.15, -0.1) is 0 Å². The molecule has 122 valence electrons. The highest BCUT2D eigenvalue weighted by atomic mass is 16.5. The van der Waals surface area contributed by atoms with Gasteiger partial charge < -0.3 is 20.1 Å². The van der Waals surface area contributed by atoms with Crippen LogP contribution in [-0.2, 0) is 0 Å². The van der Waals surface area contributed by atoms with Gasteiger partial charge in [-0.05, 0) is 31.4 Å². The van der Waals surface area contributed by atoms with Crippen LogP contribution >= 0.6 is 0 Å². The molecule has 2 N–H and O–H groups in total. The lowest BCUT2D eigenvalue weighted by Gasteiger charge is -2.19. The summed E-state index contributed by atoms with van der Waals surface area (Å²) in [6.45, 7) is 3.68. The lowest BCUT2D eigenvalue weighted by molar-refractivity contribution is 0.213. The van der Waals surface area contributed by atoms with Gasteiger partial charge in [0, 0.05) is 13.6 Å². The summed E-state index contributed by atoms with van der Waals surface area (Å²) < 4.78 is 11.2. The highest BCUT2D eigenvalue weighted by Gasteiger charge is 2.20. The van der Waals surface area contributed by atoms with Crippen LogP contribution in [-0.4, -0.2) is 39.3 Å². The van der Waals surface area contributed by atoms with Crippen LogP contribution in [0.15, 0.2) is 29.3 Å². The van der Waals surface area contributed by atoms with Crippen LogP contribution in [0.1, 0.15) is 26.2 Å². The summed E-state index contributed by atoms with van der Waals surface area (Å²) >= 11 is 0. The average Bonchev–Trinajstić information content (AvgIpc) is 3.35. The van der Waals surface area contributed by atoms with E-state index in [1.807, 2.05) is 31.2 Å². The normalized spacial score (nSPS) is 16.0. The zero-order valence-corrected chi connectivity index (χ0v) is 13.8. The average molecular weight is 305 g/mol. The molecule has 5 nitrogen and oxygen atoms in total. The SMILES string of the molecule is CN=C(NCCC1CC1)NCC(C)Oc1ccccc1OC. The van der Waals surface area contributed by atoms with Gasteiger partial charge in [0.2, 0.25) is 0 Å². The molecule has 0 spiro atoms. The molecule has 0 aliphatic heterocycles. The highest BCUT2D eigenvalue weighted by Crippen LogP contribution is 2.31. The molecule has 0 aromatic heterocycles. The Morgan fingerprint density at radius 2 is 2.00 bits per heavy atom. The molecule has 1 aliphatic rings. The van der Waals surface area contributed by atoms with Crippen LogP contribution in [0.3, 0.4) is 0 Å². The predicted molar refractivity (Wildman–Crippen MR) is 89.8 cm³/mol. The molecule has 1 unspecified atom stereocenters. The number of hydrogen-bond acceptors (Lipinski definition) is 3. The van der Waals surface area contributed by atoms with Crippen molar-refractivity contribution in [2.75, 3.05) is 27.2 Å². The topological polar surface area (TPSA) is 54.9 Å². The van der Waals surface area contributed by atoms with Crippen molar-refractivity contribution in [2.45, 2.75) is 32.3 Å². The van der Waals surface area contributed by atoms with E-state index in [-0.39, 0.29) is 6.10 Å². The summed E-state index contributed by atoms with van der Waals surface area (Å²) in [4.78, 5) is 4.23. The summed E-state index contributed by atoms with van der Waals surface area (Å²) in [5.41, 5.74) is 0. The van der Waals surface area contributed by atoms with Gasteiger partial charge in [0.25, 0.3) is 0 Å². The van der Waals surface area contributed by atoms with Crippen molar-refractivity contribution in [1.29, 1.82) is 0 Å². The maximum Gasteiger partial charge on any atom is 0.191 e. The Bertz CT molecular complexity index is 487. The number of methoxy groups -OCH3 is 1. The van der Waals surface area contributed by atoms with Crippen LogP contribution in [0.5, 0.6) is 11.5 Å². The number of guanidine groups is 1. The third-order valence-corrected chi connectivity index (χ3v) is 3.72. The van der Waals surface area contributed by atoms with E-state index >= 15 is 0 Å². The molecule has 1 saturated carbocycles. The minimum absolute atomic E-state index is 0.0123. The molecule has 1 aliphatic carbocycles. The largest absolute Gasteiger partial charge is 0.493 e. The van der Waals surface area contributed by atoms with Gasteiger partial charge in [0.05, 0.1) is 13.7 Å². The van der Waals surface area contributed by atoms with Gasteiger partial charge in [-0.1, -0.05) is 25.0 Å². The fourth-order valence-corrected chi connectivity index (χ4v) is 2.24. The molecule has 1 atom stereocenters. The molecule has 1 fully saturated rings. The number of aliphatic imine (C=N–C) groups is 1. The second kappa shape index (κ2) is 8.51. The number of rotatable bonds is 8. The molecular formula is C17H27N3O2. The smallest absolute Gasteiger partial charge is 0.191 e. The van der Waals surface area contributed by atoms with E-state index in [1.165, 1.54) is 19.3 Å². The summed E-state index contributed by atoms with van der Waals surface area (Å²) in [5, 5.41) is 6.64. The standard InChI is InChI=1S/C17H27N3O2/c1-13(22-16-7-5-4-6-15(16)21-3)12-20-17(18-2)19-11-10-14-8-9-14/h4-7,13-14H,8-12H2,1-3H3,(H2,18,19,20). The number of ether oxygens (including phenoxy) is 2. The summed E-state index contributed by atoms with van der Waals surface area (Å²) in [6, 6.07) is 7.68. The number of hydrogen-bond donors (Lipinski definition) is 2. The highest BCUT2D eigenvalue weighted by molar-refractivity contribution is 5.79. The van der Waals surface area contributed by atoms with Gasteiger partial charge in [0.1, 0.15) is 6.10 Å². The second-order valence-electron chi connectivity index (χ2n) is 5.69. The van der Waals surface area contributed by atoms with Crippen LogP contribution in [0, 0.1) is 5.92 Å². The summed E-state index contributed by atoms with van der Waals surface area (Å²) in [6.07, 6.45) is 4.02. The molecule has 0 amide bonds. The minimum Gasteiger partial charge on any atom is -0.493 e. The number of benzene rings is 1.